The van der Waals surface area contributed by atoms with Crippen LogP contribution in [-0.4, -0.2) is 48.7 Å². The summed E-state index contributed by atoms with van der Waals surface area (Å²) in [5.74, 6) is -0.137. The summed E-state index contributed by atoms with van der Waals surface area (Å²) in [6.07, 6.45) is -4.53. The molecular formula is C17H19F3N6O2. The SMILES string of the molecule is NC(=O)CN(c1cccc(C(F)(F)F)c1)c1cc(N2CCOCC2)nc(N)n1. The van der Waals surface area contributed by atoms with Gasteiger partial charge in [-0.25, -0.2) is 0 Å². The molecule has 4 N–H and O–H groups in total. The fourth-order valence-electron chi connectivity index (χ4n) is 2.84. The van der Waals surface area contributed by atoms with Crippen LogP contribution in [0.1, 0.15) is 5.56 Å². The lowest BCUT2D eigenvalue weighted by molar-refractivity contribution is -0.137. The molecule has 0 unspecified atom stereocenters. The summed E-state index contributed by atoms with van der Waals surface area (Å²) < 4.78 is 44.6. The van der Waals surface area contributed by atoms with E-state index < -0.39 is 17.6 Å². The lowest BCUT2D eigenvalue weighted by Crippen LogP contribution is -2.37. The highest BCUT2D eigenvalue weighted by Crippen LogP contribution is 2.34. The van der Waals surface area contributed by atoms with E-state index in [1.165, 1.54) is 17.0 Å². The van der Waals surface area contributed by atoms with E-state index in [0.29, 0.717) is 32.1 Å². The van der Waals surface area contributed by atoms with Gasteiger partial charge < -0.3 is 26.0 Å². The number of aromatic nitrogens is 2. The normalized spacial score (nSPS) is 14.8. The molecule has 1 fully saturated rings. The molecule has 1 aliphatic rings. The van der Waals surface area contributed by atoms with Gasteiger partial charge in [0, 0.05) is 24.8 Å². The lowest BCUT2D eigenvalue weighted by Gasteiger charge is -2.29. The van der Waals surface area contributed by atoms with E-state index in [9.17, 15) is 18.0 Å². The molecule has 3 rings (SSSR count). The first-order valence-corrected chi connectivity index (χ1v) is 8.44. The second-order valence-corrected chi connectivity index (χ2v) is 6.14. The minimum atomic E-state index is -4.53. The number of nitrogens with zero attached hydrogens (tertiary/aromatic N) is 4. The van der Waals surface area contributed by atoms with Gasteiger partial charge in [0.1, 0.15) is 18.2 Å². The molecule has 2 heterocycles. The van der Waals surface area contributed by atoms with Crippen molar-refractivity contribution in [2.75, 3.05) is 48.4 Å². The number of morpholine rings is 1. The Bertz CT molecular complexity index is 855. The number of carbonyl (C=O) groups is 1. The Balaban J connectivity index is 2.03. The summed E-state index contributed by atoms with van der Waals surface area (Å²) in [5.41, 5.74) is 10.4. The number of benzene rings is 1. The fraction of sp³-hybridized carbons (Fsp3) is 0.353. The third kappa shape index (κ3) is 4.60. The molecule has 1 aliphatic heterocycles. The molecule has 1 saturated heterocycles. The van der Waals surface area contributed by atoms with E-state index in [-0.39, 0.29) is 24.0 Å². The molecule has 1 amide bonds. The first-order valence-electron chi connectivity index (χ1n) is 8.44. The summed E-state index contributed by atoms with van der Waals surface area (Å²) in [4.78, 5) is 23.0. The second kappa shape index (κ2) is 7.89. The van der Waals surface area contributed by atoms with E-state index in [4.69, 9.17) is 16.2 Å². The van der Waals surface area contributed by atoms with E-state index in [1.807, 2.05) is 4.90 Å². The zero-order chi connectivity index (χ0) is 20.3. The van der Waals surface area contributed by atoms with Crippen LogP contribution < -0.4 is 21.3 Å². The number of hydrogen-bond acceptors (Lipinski definition) is 7. The van der Waals surface area contributed by atoms with Crippen molar-refractivity contribution < 1.29 is 22.7 Å². The fourth-order valence-corrected chi connectivity index (χ4v) is 2.84. The average molecular weight is 396 g/mol. The van der Waals surface area contributed by atoms with Crippen LogP contribution in [0.5, 0.6) is 0 Å². The number of primary amides is 1. The average Bonchev–Trinajstić information content (AvgIpc) is 2.65. The third-order valence-corrected chi connectivity index (χ3v) is 4.13. The largest absolute Gasteiger partial charge is 0.416 e. The summed E-state index contributed by atoms with van der Waals surface area (Å²) >= 11 is 0. The summed E-state index contributed by atoms with van der Waals surface area (Å²) in [6.45, 7) is 1.81. The quantitative estimate of drug-likeness (QED) is 0.789. The molecule has 0 radical (unpaired) electrons. The van der Waals surface area contributed by atoms with Crippen molar-refractivity contribution in [3.8, 4) is 0 Å². The van der Waals surface area contributed by atoms with Gasteiger partial charge in [-0.05, 0) is 18.2 Å². The standard InChI is InChI=1S/C17H19F3N6O2/c18-17(19,20)11-2-1-3-12(8-11)26(10-13(21)27)15-9-14(23-16(22)24-15)25-4-6-28-7-5-25/h1-3,8-9H,4-7,10H2,(H2,21,27)(H2,22,23,24). The number of anilines is 4. The number of alkyl halides is 3. The number of rotatable bonds is 5. The molecule has 11 heteroatoms. The molecule has 2 aromatic rings. The Morgan fingerprint density at radius 3 is 2.57 bits per heavy atom. The van der Waals surface area contributed by atoms with Crippen molar-refractivity contribution in [3.05, 3.63) is 35.9 Å². The Morgan fingerprint density at radius 2 is 1.93 bits per heavy atom. The highest BCUT2D eigenvalue weighted by atomic mass is 19.4. The van der Waals surface area contributed by atoms with Gasteiger partial charge in [0.2, 0.25) is 11.9 Å². The summed E-state index contributed by atoms with van der Waals surface area (Å²) in [5, 5.41) is 0. The summed E-state index contributed by atoms with van der Waals surface area (Å²) in [7, 11) is 0. The molecule has 0 saturated carbocycles. The third-order valence-electron chi connectivity index (χ3n) is 4.13. The van der Waals surface area contributed by atoms with Crippen molar-refractivity contribution in [2.45, 2.75) is 6.18 Å². The van der Waals surface area contributed by atoms with Crippen molar-refractivity contribution in [3.63, 3.8) is 0 Å². The molecule has 150 valence electrons. The summed E-state index contributed by atoms with van der Waals surface area (Å²) in [6, 6.07) is 6.12. The maximum atomic E-state index is 13.1. The number of nitrogens with two attached hydrogens (primary N) is 2. The van der Waals surface area contributed by atoms with Crippen LogP contribution in [0.25, 0.3) is 0 Å². The van der Waals surface area contributed by atoms with Gasteiger partial charge in [0.25, 0.3) is 0 Å². The Morgan fingerprint density at radius 1 is 1.21 bits per heavy atom. The van der Waals surface area contributed by atoms with Gasteiger partial charge in [0.15, 0.2) is 0 Å². The zero-order valence-corrected chi connectivity index (χ0v) is 14.8. The predicted octanol–water partition coefficient (Wildman–Crippen LogP) is 1.54. The van der Waals surface area contributed by atoms with E-state index in [2.05, 4.69) is 9.97 Å². The molecule has 0 atom stereocenters. The molecule has 0 spiro atoms. The van der Waals surface area contributed by atoms with Crippen LogP contribution in [-0.2, 0) is 15.7 Å². The first kappa shape index (κ1) is 19.7. The second-order valence-electron chi connectivity index (χ2n) is 6.14. The minimum absolute atomic E-state index is 0.0690. The number of hydrogen-bond donors (Lipinski definition) is 2. The van der Waals surface area contributed by atoms with Crippen LogP contribution in [0.4, 0.5) is 36.4 Å². The molecule has 0 bridgehead atoms. The minimum Gasteiger partial charge on any atom is -0.378 e. The van der Waals surface area contributed by atoms with E-state index >= 15 is 0 Å². The van der Waals surface area contributed by atoms with Crippen molar-refractivity contribution >= 4 is 29.2 Å². The van der Waals surface area contributed by atoms with Crippen LogP contribution in [0.2, 0.25) is 0 Å². The monoisotopic (exact) mass is 396 g/mol. The highest BCUT2D eigenvalue weighted by molar-refractivity contribution is 5.83. The van der Waals surface area contributed by atoms with E-state index in [0.717, 1.165) is 12.1 Å². The molecule has 8 nitrogen and oxygen atoms in total. The van der Waals surface area contributed by atoms with Gasteiger partial charge in [0.05, 0.1) is 18.8 Å². The maximum absolute atomic E-state index is 13.1. The predicted molar refractivity (Wildman–Crippen MR) is 97.1 cm³/mol. The van der Waals surface area contributed by atoms with E-state index in [1.54, 1.807) is 6.07 Å². The highest BCUT2D eigenvalue weighted by Gasteiger charge is 2.31. The first-order chi connectivity index (χ1) is 13.2. The van der Waals surface area contributed by atoms with Gasteiger partial charge in [-0.1, -0.05) is 6.07 Å². The Kier molecular flexibility index (Phi) is 5.54. The van der Waals surface area contributed by atoms with Gasteiger partial charge in [-0.2, -0.15) is 23.1 Å². The Labute approximate surface area is 158 Å². The van der Waals surface area contributed by atoms with Crippen LogP contribution in [0.15, 0.2) is 30.3 Å². The smallest absolute Gasteiger partial charge is 0.378 e. The number of ether oxygens (including phenoxy) is 1. The van der Waals surface area contributed by atoms with Crippen LogP contribution in [0, 0.1) is 0 Å². The van der Waals surface area contributed by atoms with Crippen molar-refractivity contribution in [2.24, 2.45) is 5.73 Å². The molecule has 1 aromatic heterocycles. The van der Waals surface area contributed by atoms with Gasteiger partial charge in [-0.15, -0.1) is 0 Å². The van der Waals surface area contributed by atoms with Crippen molar-refractivity contribution in [1.29, 1.82) is 0 Å². The molecular weight excluding hydrogens is 377 g/mol. The zero-order valence-electron chi connectivity index (χ0n) is 14.8. The molecule has 28 heavy (non-hydrogen) atoms. The van der Waals surface area contributed by atoms with Gasteiger partial charge in [-0.3, -0.25) is 4.79 Å². The number of nitrogen functional groups attached to an aromatic ring is 1. The number of carbonyl (C=O) groups excluding carboxylic acids is 1. The topological polar surface area (TPSA) is 111 Å². The Hall–Kier alpha value is -3.08. The lowest BCUT2D eigenvalue weighted by atomic mass is 10.1. The van der Waals surface area contributed by atoms with Gasteiger partial charge >= 0.3 is 6.18 Å². The maximum Gasteiger partial charge on any atom is 0.416 e. The number of halogens is 3. The van der Waals surface area contributed by atoms with Crippen molar-refractivity contribution in [1.82, 2.24) is 9.97 Å². The molecule has 0 aliphatic carbocycles. The molecule has 1 aromatic carbocycles. The van der Waals surface area contributed by atoms with Crippen LogP contribution in [0.3, 0.4) is 0 Å². The van der Waals surface area contributed by atoms with Crippen LogP contribution >= 0.6 is 0 Å². The number of amides is 1.